The number of hydrogen-bond donors (Lipinski definition) is 1. The van der Waals surface area contributed by atoms with Gasteiger partial charge in [0, 0.05) is 25.4 Å². The molecule has 2 heterocycles. The summed E-state index contributed by atoms with van der Waals surface area (Å²) in [5.74, 6) is -0.592. The SMILES string of the molecule is CC(=O)N[C@H]1CC[C@@H](C(F)(F)F)N(C(=O)c2coc(C3CCC3)n2)C1. The van der Waals surface area contributed by atoms with Crippen molar-refractivity contribution in [1.29, 1.82) is 0 Å². The Morgan fingerprint density at radius 2 is 2.00 bits per heavy atom. The number of nitrogens with one attached hydrogen (secondary N) is 1. The highest BCUT2D eigenvalue weighted by molar-refractivity contribution is 5.92. The molecule has 0 bridgehead atoms. The summed E-state index contributed by atoms with van der Waals surface area (Å²) >= 11 is 0. The Bertz CT molecular complexity index is 655. The third kappa shape index (κ3) is 3.80. The average Bonchev–Trinajstić information content (AvgIpc) is 2.92. The van der Waals surface area contributed by atoms with Gasteiger partial charge in [0.15, 0.2) is 11.6 Å². The topological polar surface area (TPSA) is 75.4 Å². The molecular weight excluding hydrogens is 339 g/mol. The van der Waals surface area contributed by atoms with E-state index in [-0.39, 0.29) is 36.9 Å². The molecule has 1 aromatic rings. The number of oxazole rings is 1. The van der Waals surface area contributed by atoms with Crippen LogP contribution in [0.1, 0.15) is 61.3 Å². The maximum Gasteiger partial charge on any atom is 0.408 e. The summed E-state index contributed by atoms with van der Waals surface area (Å²) in [5, 5.41) is 2.59. The van der Waals surface area contributed by atoms with E-state index in [9.17, 15) is 22.8 Å². The smallest absolute Gasteiger partial charge is 0.408 e. The summed E-state index contributed by atoms with van der Waals surface area (Å²) in [7, 11) is 0. The van der Waals surface area contributed by atoms with Gasteiger partial charge in [0.2, 0.25) is 5.91 Å². The molecule has 0 spiro atoms. The Hall–Kier alpha value is -2.06. The minimum absolute atomic E-state index is 0.111. The zero-order valence-corrected chi connectivity index (χ0v) is 13.8. The quantitative estimate of drug-likeness (QED) is 0.900. The first-order valence-corrected chi connectivity index (χ1v) is 8.36. The standard InChI is InChI=1S/C16H20F3N3O3/c1-9(23)20-11-5-6-13(16(17,18)19)22(7-11)15(24)12-8-25-14(21-12)10-3-2-4-10/h8,10-11,13H,2-7H2,1H3,(H,20,23)/t11-,13-/m0/s1. The lowest BCUT2D eigenvalue weighted by Crippen LogP contribution is -2.58. The summed E-state index contributed by atoms with van der Waals surface area (Å²) in [4.78, 5) is 28.7. The van der Waals surface area contributed by atoms with E-state index in [0.29, 0.717) is 5.89 Å². The highest BCUT2D eigenvalue weighted by Gasteiger charge is 2.48. The van der Waals surface area contributed by atoms with Gasteiger partial charge < -0.3 is 14.6 Å². The van der Waals surface area contributed by atoms with Crippen molar-refractivity contribution in [3.8, 4) is 0 Å². The molecular formula is C16H20F3N3O3. The van der Waals surface area contributed by atoms with E-state index in [1.807, 2.05) is 0 Å². The molecule has 1 N–H and O–H groups in total. The average molecular weight is 359 g/mol. The van der Waals surface area contributed by atoms with Crippen LogP contribution in [0.4, 0.5) is 13.2 Å². The van der Waals surface area contributed by atoms with E-state index in [1.54, 1.807) is 0 Å². The molecule has 2 fully saturated rings. The van der Waals surface area contributed by atoms with Crippen LogP contribution >= 0.6 is 0 Å². The van der Waals surface area contributed by atoms with Gasteiger partial charge in [-0.25, -0.2) is 4.98 Å². The monoisotopic (exact) mass is 359 g/mol. The van der Waals surface area contributed by atoms with Crippen LogP contribution < -0.4 is 5.32 Å². The zero-order chi connectivity index (χ0) is 18.2. The molecule has 6 nitrogen and oxygen atoms in total. The largest absolute Gasteiger partial charge is 0.448 e. The first-order valence-electron chi connectivity index (χ1n) is 8.36. The van der Waals surface area contributed by atoms with Crippen LogP contribution in [0, 0.1) is 0 Å². The number of halogens is 3. The normalized spacial score (nSPS) is 24.7. The van der Waals surface area contributed by atoms with Gasteiger partial charge in [-0.1, -0.05) is 6.42 Å². The van der Waals surface area contributed by atoms with Crippen molar-refractivity contribution in [2.45, 2.75) is 63.2 Å². The molecule has 138 valence electrons. The molecule has 3 rings (SSSR count). The molecule has 1 saturated carbocycles. The molecule has 2 aliphatic rings. The van der Waals surface area contributed by atoms with E-state index >= 15 is 0 Å². The molecule has 9 heteroatoms. The third-order valence-electron chi connectivity index (χ3n) is 4.82. The number of amides is 2. The van der Waals surface area contributed by atoms with Gasteiger partial charge in [0.05, 0.1) is 0 Å². The van der Waals surface area contributed by atoms with Gasteiger partial charge in [-0.2, -0.15) is 13.2 Å². The first kappa shape index (κ1) is 17.8. The maximum atomic E-state index is 13.3. The predicted molar refractivity (Wildman–Crippen MR) is 80.8 cm³/mol. The fraction of sp³-hybridized carbons (Fsp3) is 0.688. The van der Waals surface area contributed by atoms with Crippen LogP contribution in [0.5, 0.6) is 0 Å². The Morgan fingerprint density at radius 1 is 1.28 bits per heavy atom. The molecule has 0 radical (unpaired) electrons. The van der Waals surface area contributed by atoms with Crippen LogP contribution in [-0.4, -0.2) is 46.5 Å². The molecule has 0 unspecified atom stereocenters. The van der Waals surface area contributed by atoms with Crippen molar-refractivity contribution >= 4 is 11.8 Å². The number of piperidine rings is 1. The summed E-state index contributed by atoms with van der Waals surface area (Å²) in [6.45, 7) is 1.10. The molecule has 1 aliphatic carbocycles. The van der Waals surface area contributed by atoms with E-state index in [0.717, 1.165) is 30.4 Å². The number of nitrogens with zero attached hydrogens (tertiary/aromatic N) is 2. The number of likely N-dealkylation sites (tertiary alicyclic amines) is 1. The molecule has 2 amide bonds. The number of hydrogen-bond acceptors (Lipinski definition) is 4. The van der Waals surface area contributed by atoms with Crippen molar-refractivity contribution in [3.63, 3.8) is 0 Å². The van der Waals surface area contributed by atoms with E-state index in [2.05, 4.69) is 10.3 Å². The fourth-order valence-corrected chi connectivity index (χ4v) is 3.32. The lowest BCUT2D eigenvalue weighted by molar-refractivity contribution is -0.184. The first-order chi connectivity index (χ1) is 11.8. The van der Waals surface area contributed by atoms with Crippen LogP contribution in [0.2, 0.25) is 0 Å². The Kier molecular flexibility index (Phi) is 4.75. The molecule has 1 saturated heterocycles. The second-order valence-corrected chi connectivity index (χ2v) is 6.69. The Balaban J connectivity index is 1.79. The van der Waals surface area contributed by atoms with Gasteiger partial charge >= 0.3 is 6.18 Å². The van der Waals surface area contributed by atoms with Crippen LogP contribution in [0.25, 0.3) is 0 Å². The van der Waals surface area contributed by atoms with Crippen molar-refractivity contribution < 1.29 is 27.2 Å². The summed E-state index contributed by atoms with van der Waals surface area (Å²) < 4.78 is 45.3. The summed E-state index contributed by atoms with van der Waals surface area (Å²) in [6, 6.07) is -2.38. The minimum Gasteiger partial charge on any atom is -0.448 e. The Morgan fingerprint density at radius 3 is 2.56 bits per heavy atom. The van der Waals surface area contributed by atoms with Gasteiger partial charge in [-0.15, -0.1) is 0 Å². The third-order valence-corrected chi connectivity index (χ3v) is 4.82. The Labute approximate surface area is 142 Å². The highest BCUT2D eigenvalue weighted by Crippen LogP contribution is 2.36. The predicted octanol–water partition coefficient (Wildman–Crippen LogP) is 2.61. The molecule has 25 heavy (non-hydrogen) atoms. The maximum absolute atomic E-state index is 13.3. The lowest BCUT2D eigenvalue weighted by Gasteiger charge is -2.40. The number of carbonyl (C=O) groups is 2. The number of alkyl halides is 3. The second kappa shape index (κ2) is 6.68. The number of rotatable bonds is 3. The van der Waals surface area contributed by atoms with Gasteiger partial charge in [0.25, 0.3) is 5.91 Å². The second-order valence-electron chi connectivity index (χ2n) is 6.69. The molecule has 1 aromatic heterocycles. The van der Waals surface area contributed by atoms with E-state index < -0.39 is 24.2 Å². The highest BCUT2D eigenvalue weighted by atomic mass is 19.4. The molecule has 2 atom stereocenters. The fourth-order valence-electron chi connectivity index (χ4n) is 3.32. The number of carbonyl (C=O) groups excluding carboxylic acids is 2. The summed E-state index contributed by atoms with van der Waals surface area (Å²) in [6.07, 6.45) is -0.617. The lowest BCUT2D eigenvalue weighted by atomic mass is 9.85. The van der Waals surface area contributed by atoms with Gasteiger partial charge in [-0.05, 0) is 25.7 Å². The van der Waals surface area contributed by atoms with Crippen molar-refractivity contribution in [2.24, 2.45) is 0 Å². The van der Waals surface area contributed by atoms with E-state index in [4.69, 9.17) is 4.42 Å². The van der Waals surface area contributed by atoms with Crippen molar-refractivity contribution in [3.05, 3.63) is 17.8 Å². The van der Waals surface area contributed by atoms with Gasteiger partial charge in [-0.3, -0.25) is 9.59 Å². The molecule has 1 aliphatic heterocycles. The van der Waals surface area contributed by atoms with Crippen molar-refractivity contribution in [1.82, 2.24) is 15.2 Å². The van der Waals surface area contributed by atoms with Crippen LogP contribution in [0.15, 0.2) is 10.7 Å². The summed E-state index contributed by atoms with van der Waals surface area (Å²) in [5.41, 5.74) is -0.111. The number of aromatic nitrogens is 1. The van der Waals surface area contributed by atoms with Crippen LogP contribution in [-0.2, 0) is 4.79 Å². The zero-order valence-electron chi connectivity index (χ0n) is 13.8. The molecule has 0 aromatic carbocycles. The van der Waals surface area contributed by atoms with Gasteiger partial charge in [0.1, 0.15) is 12.3 Å². The van der Waals surface area contributed by atoms with E-state index in [1.165, 1.54) is 6.92 Å². The minimum atomic E-state index is -4.53. The van der Waals surface area contributed by atoms with Crippen molar-refractivity contribution in [2.75, 3.05) is 6.54 Å². The van der Waals surface area contributed by atoms with Crippen LogP contribution in [0.3, 0.4) is 0 Å².